The molecule has 2 aromatic rings. The molecule has 1 N–H and O–H groups in total. The van der Waals surface area contributed by atoms with E-state index in [1.807, 2.05) is 0 Å². The van der Waals surface area contributed by atoms with E-state index in [0.29, 0.717) is 12.5 Å². The Morgan fingerprint density at radius 3 is 2.70 bits per heavy atom. The number of fused-ring (bicyclic) bond motifs is 1. The van der Waals surface area contributed by atoms with Crippen molar-refractivity contribution in [3.8, 4) is 5.75 Å². The number of rotatable bonds is 6. The molecule has 4 nitrogen and oxygen atoms in total. The third kappa shape index (κ3) is 2.88. The monoisotopic (exact) mass is 294 g/mol. The van der Waals surface area contributed by atoms with Gasteiger partial charge >= 0.3 is 0 Å². The first kappa shape index (κ1) is 15.1. The van der Waals surface area contributed by atoms with Gasteiger partial charge in [-0.15, -0.1) is 0 Å². The Morgan fingerprint density at radius 1 is 1.35 bits per heavy atom. The number of ether oxygens (including phenoxy) is 2. The highest BCUT2D eigenvalue weighted by atomic mass is 32.1. The first-order valence-corrected chi connectivity index (χ1v) is 7.61. The molecule has 0 radical (unpaired) electrons. The van der Waals surface area contributed by atoms with E-state index in [2.05, 4.69) is 32.2 Å². The van der Waals surface area contributed by atoms with Crippen molar-refractivity contribution in [2.75, 3.05) is 32.7 Å². The van der Waals surface area contributed by atoms with Gasteiger partial charge in [0.1, 0.15) is 5.75 Å². The largest absolute Gasteiger partial charge is 0.496 e. The van der Waals surface area contributed by atoms with Gasteiger partial charge in [0.25, 0.3) is 0 Å². The third-order valence-corrected chi connectivity index (χ3v) is 4.28. The van der Waals surface area contributed by atoms with Crippen molar-refractivity contribution in [1.29, 1.82) is 0 Å². The van der Waals surface area contributed by atoms with Gasteiger partial charge in [-0.3, -0.25) is 0 Å². The second-order valence-corrected chi connectivity index (χ2v) is 6.08. The van der Waals surface area contributed by atoms with Gasteiger partial charge in [0, 0.05) is 19.2 Å². The molecular formula is C15H22N2O2S. The molecule has 5 heteroatoms. The van der Waals surface area contributed by atoms with Gasteiger partial charge in [0.05, 0.1) is 23.9 Å². The maximum atomic E-state index is 5.54. The Bertz CT molecular complexity index is 593. The smallest absolute Gasteiger partial charge is 0.183 e. The lowest BCUT2D eigenvalue weighted by Gasteiger charge is -2.13. The molecule has 110 valence electrons. The van der Waals surface area contributed by atoms with Crippen molar-refractivity contribution >= 4 is 26.7 Å². The van der Waals surface area contributed by atoms with Crippen molar-refractivity contribution in [2.24, 2.45) is 0 Å². The molecule has 20 heavy (non-hydrogen) atoms. The zero-order valence-electron chi connectivity index (χ0n) is 12.7. The van der Waals surface area contributed by atoms with E-state index in [1.54, 1.807) is 25.6 Å². The van der Waals surface area contributed by atoms with E-state index >= 15 is 0 Å². The lowest BCUT2D eigenvalue weighted by molar-refractivity contribution is 0.211. The van der Waals surface area contributed by atoms with Crippen LogP contribution in [0.25, 0.3) is 10.2 Å². The van der Waals surface area contributed by atoms with Gasteiger partial charge in [0.15, 0.2) is 5.13 Å². The maximum Gasteiger partial charge on any atom is 0.183 e. The summed E-state index contributed by atoms with van der Waals surface area (Å²) >= 11 is 1.69. The fraction of sp³-hybridized carbons (Fsp3) is 0.533. The Hall–Kier alpha value is -1.33. The van der Waals surface area contributed by atoms with Crippen LogP contribution in [0.3, 0.4) is 0 Å². The van der Waals surface area contributed by atoms with Crippen molar-refractivity contribution in [3.05, 3.63) is 17.2 Å². The van der Waals surface area contributed by atoms with E-state index in [-0.39, 0.29) is 0 Å². The van der Waals surface area contributed by atoms with E-state index < -0.39 is 0 Å². The van der Waals surface area contributed by atoms with Crippen LogP contribution < -0.4 is 10.1 Å². The topological polar surface area (TPSA) is 43.4 Å². The number of aryl methyl sites for hydroxylation is 1. The molecular weight excluding hydrogens is 272 g/mol. The summed E-state index contributed by atoms with van der Waals surface area (Å²) in [6, 6.07) is 2.08. The molecule has 0 saturated heterocycles. The summed E-state index contributed by atoms with van der Waals surface area (Å²) in [5.74, 6) is 1.36. The van der Waals surface area contributed by atoms with Crippen molar-refractivity contribution < 1.29 is 9.47 Å². The Labute approximate surface area is 124 Å². The predicted octanol–water partition coefficient (Wildman–Crippen LogP) is 3.80. The summed E-state index contributed by atoms with van der Waals surface area (Å²) in [5, 5.41) is 4.25. The summed E-state index contributed by atoms with van der Waals surface area (Å²) in [6.07, 6.45) is 0. The Kier molecular flexibility index (Phi) is 4.83. The third-order valence-electron chi connectivity index (χ3n) is 3.24. The number of aromatic nitrogens is 1. The highest BCUT2D eigenvalue weighted by Gasteiger charge is 2.18. The van der Waals surface area contributed by atoms with Gasteiger partial charge in [-0.2, -0.15) is 0 Å². The van der Waals surface area contributed by atoms with Crippen LogP contribution in [-0.2, 0) is 4.74 Å². The van der Waals surface area contributed by atoms with E-state index in [9.17, 15) is 0 Å². The minimum atomic E-state index is 0.403. The molecule has 0 saturated carbocycles. The molecule has 0 bridgehead atoms. The van der Waals surface area contributed by atoms with Gasteiger partial charge in [-0.1, -0.05) is 25.2 Å². The first-order valence-electron chi connectivity index (χ1n) is 6.79. The zero-order chi connectivity index (χ0) is 14.7. The lowest BCUT2D eigenvalue weighted by atomic mass is 9.99. The Balaban J connectivity index is 2.48. The van der Waals surface area contributed by atoms with E-state index in [0.717, 1.165) is 28.5 Å². The molecule has 0 aliphatic rings. The number of thiazole rings is 1. The summed E-state index contributed by atoms with van der Waals surface area (Å²) in [4.78, 5) is 4.70. The van der Waals surface area contributed by atoms with Crippen LogP contribution in [-0.4, -0.2) is 32.4 Å². The number of anilines is 1. The van der Waals surface area contributed by atoms with Crippen LogP contribution >= 0.6 is 11.3 Å². The van der Waals surface area contributed by atoms with Crippen LogP contribution in [0.5, 0.6) is 5.75 Å². The number of nitrogens with one attached hydrogen (secondary N) is 1. The summed E-state index contributed by atoms with van der Waals surface area (Å²) in [5.41, 5.74) is 3.46. The molecule has 0 amide bonds. The number of benzene rings is 1. The average molecular weight is 294 g/mol. The molecule has 2 rings (SSSR count). The van der Waals surface area contributed by atoms with Crippen molar-refractivity contribution in [2.45, 2.75) is 26.7 Å². The molecule has 0 aliphatic heterocycles. The molecule has 0 spiro atoms. The fourth-order valence-electron chi connectivity index (χ4n) is 2.28. The SMILES string of the molecule is COCCNc1nc2c(C)cc(OC)c(C(C)C)c2s1. The molecule has 0 aliphatic carbocycles. The van der Waals surface area contributed by atoms with E-state index in [1.165, 1.54) is 10.3 Å². The summed E-state index contributed by atoms with van der Waals surface area (Å²) < 4.78 is 11.8. The second-order valence-electron chi connectivity index (χ2n) is 5.08. The number of hydrogen-bond acceptors (Lipinski definition) is 5. The minimum absolute atomic E-state index is 0.403. The van der Waals surface area contributed by atoms with Crippen molar-refractivity contribution in [3.63, 3.8) is 0 Å². The number of methoxy groups -OCH3 is 2. The molecule has 0 unspecified atom stereocenters. The molecule has 1 heterocycles. The number of hydrogen-bond donors (Lipinski definition) is 1. The zero-order valence-corrected chi connectivity index (χ0v) is 13.6. The highest BCUT2D eigenvalue weighted by molar-refractivity contribution is 7.22. The standard InChI is InChI=1S/C15H22N2O2S/c1-9(2)12-11(19-5)8-10(3)13-14(12)20-15(17-13)16-6-7-18-4/h8-9H,6-7H2,1-5H3,(H,16,17). The van der Waals surface area contributed by atoms with Crippen LogP contribution in [0, 0.1) is 6.92 Å². The van der Waals surface area contributed by atoms with Crippen LogP contribution in [0.4, 0.5) is 5.13 Å². The molecule has 1 aromatic heterocycles. The van der Waals surface area contributed by atoms with Crippen LogP contribution in [0.15, 0.2) is 6.07 Å². The summed E-state index contributed by atoms with van der Waals surface area (Å²) in [6.45, 7) is 7.89. The Morgan fingerprint density at radius 2 is 2.10 bits per heavy atom. The predicted molar refractivity (Wildman–Crippen MR) is 85.4 cm³/mol. The minimum Gasteiger partial charge on any atom is -0.496 e. The molecule has 1 aromatic carbocycles. The highest BCUT2D eigenvalue weighted by Crippen LogP contribution is 2.40. The number of nitrogens with zero attached hydrogens (tertiary/aromatic N) is 1. The van der Waals surface area contributed by atoms with Crippen molar-refractivity contribution in [1.82, 2.24) is 4.98 Å². The second kappa shape index (κ2) is 6.41. The quantitative estimate of drug-likeness (QED) is 0.823. The molecule has 0 fully saturated rings. The van der Waals surface area contributed by atoms with Gasteiger partial charge < -0.3 is 14.8 Å². The van der Waals surface area contributed by atoms with E-state index in [4.69, 9.17) is 14.5 Å². The molecule has 0 atom stereocenters. The summed E-state index contributed by atoms with van der Waals surface area (Å²) in [7, 11) is 3.43. The normalized spacial score (nSPS) is 11.3. The van der Waals surface area contributed by atoms with Gasteiger partial charge in [-0.25, -0.2) is 4.98 Å². The van der Waals surface area contributed by atoms with Crippen LogP contribution in [0.1, 0.15) is 30.9 Å². The van der Waals surface area contributed by atoms with Crippen LogP contribution in [0.2, 0.25) is 0 Å². The fourth-order valence-corrected chi connectivity index (χ4v) is 3.53. The average Bonchev–Trinajstić information content (AvgIpc) is 2.82. The van der Waals surface area contributed by atoms with Gasteiger partial charge in [-0.05, 0) is 24.5 Å². The first-order chi connectivity index (χ1) is 9.58. The maximum absolute atomic E-state index is 5.54. The lowest BCUT2D eigenvalue weighted by Crippen LogP contribution is -2.06. The van der Waals surface area contributed by atoms with Gasteiger partial charge in [0.2, 0.25) is 0 Å².